The summed E-state index contributed by atoms with van der Waals surface area (Å²) >= 11 is 0. The highest BCUT2D eigenvalue weighted by Crippen LogP contribution is 2.25. The van der Waals surface area contributed by atoms with E-state index in [1.807, 2.05) is 21.6 Å². The molecule has 4 rings (SSSR count). The molecular weight excluding hydrogens is 350 g/mol. The van der Waals surface area contributed by atoms with Crippen molar-refractivity contribution in [1.82, 2.24) is 14.5 Å². The van der Waals surface area contributed by atoms with E-state index in [0.29, 0.717) is 22.5 Å². The van der Waals surface area contributed by atoms with Gasteiger partial charge in [-0.3, -0.25) is 14.2 Å². The van der Waals surface area contributed by atoms with Gasteiger partial charge in [-0.05, 0) is 50.8 Å². The van der Waals surface area contributed by atoms with Crippen LogP contribution in [0.1, 0.15) is 80.9 Å². The smallest absolute Gasteiger partial charge is 0.261 e. The van der Waals surface area contributed by atoms with Gasteiger partial charge in [0.25, 0.3) is 11.5 Å². The van der Waals surface area contributed by atoms with Crippen LogP contribution in [0.5, 0.6) is 0 Å². The highest BCUT2D eigenvalue weighted by atomic mass is 16.2. The summed E-state index contributed by atoms with van der Waals surface area (Å²) in [5, 5.41) is 0.626. The van der Waals surface area contributed by atoms with Gasteiger partial charge < -0.3 is 4.90 Å². The minimum absolute atomic E-state index is 0.0422. The van der Waals surface area contributed by atoms with Crippen LogP contribution in [0, 0.1) is 0 Å². The molecule has 0 radical (unpaired) electrons. The van der Waals surface area contributed by atoms with Gasteiger partial charge in [-0.25, -0.2) is 4.98 Å². The van der Waals surface area contributed by atoms with Gasteiger partial charge in [0, 0.05) is 31.1 Å². The molecule has 2 aromatic rings. The topological polar surface area (TPSA) is 55.2 Å². The second-order valence-corrected chi connectivity index (χ2v) is 8.26. The molecule has 0 atom stereocenters. The van der Waals surface area contributed by atoms with E-state index in [1.54, 1.807) is 6.07 Å². The van der Waals surface area contributed by atoms with Crippen LogP contribution in [0.25, 0.3) is 10.9 Å². The molecule has 1 fully saturated rings. The van der Waals surface area contributed by atoms with Crippen molar-refractivity contribution in [3.63, 3.8) is 0 Å². The molecule has 1 saturated carbocycles. The molecule has 5 nitrogen and oxygen atoms in total. The van der Waals surface area contributed by atoms with Crippen molar-refractivity contribution in [3.05, 3.63) is 39.9 Å². The molecule has 2 heterocycles. The molecule has 0 N–H and O–H groups in total. The Morgan fingerprint density at radius 2 is 1.86 bits per heavy atom. The number of hydrogen-bond acceptors (Lipinski definition) is 3. The average Bonchev–Trinajstić information content (AvgIpc) is 2.70. The van der Waals surface area contributed by atoms with Crippen molar-refractivity contribution >= 4 is 16.8 Å². The van der Waals surface area contributed by atoms with Crippen LogP contribution in [-0.4, -0.2) is 32.9 Å². The Morgan fingerprint density at radius 3 is 2.64 bits per heavy atom. The number of fused-ring (bicyclic) bond motifs is 2. The number of hydrogen-bond donors (Lipinski definition) is 0. The number of carbonyl (C=O) groups excluding carboxylic acids is 1. The Kier molecular flexibility index (Phi) is 5.79. The van der Waals surface area contributed by atoms with Gasteiger partial charge in [-0.1, -0.05) is 32.1 Å². The Morgan fingerprint density at radius 1 is 1.11 bits per heavy atom. The summed E-state index contributed by atoms with van der Waals surface area (Å²) in [5.41, 5.74) is 1.37. The molecule has 1 aromatic carbocycles. The maximum Gasteiger partial charge on any atom is 0.261 e. The lowest BCUT2D eigenvalue weighted by atomic mass is 9.93. The fraction of sp³-hybridized carbons (Fsp3) is 0.609. The third-order valence-corrected chi connectivity index (χ3v) is 6.43. The first-order valence-electron chi connectivity index (χ1n) is 11.0. The first kappa shape index (κ1) is 19.2. The van der Waals surface area contributed by atoms with E-state index in [2.05, 4.69) is 6.92 Å². The summed E-state index contributed by atoms with van der Waals surface area (Å²) in [7, 11) is 0. The molecule has 1 aliphatic heterocycles. The van der Waals surface area contributed by atoms with Crippen LogP contribution in [0.15, 0.2) is 23.0 Å². The van der Waals surface area contributed by atoms with Crippen LogP contribution < -0.4 is 5.56 Å². The Labute approximate surface area is 166 Å². The molecule has 1 aromatic heterocycles. The molecular formula is C23H31N3O2. The van der Waals surface area contributed by atoms with E-state index in [1.165, 1.54) is 32.1 Å². The Bertz CT molecular complexity index is 912. The molecule has 5 heteroatoms. The minimum atomic E-state index is 0.0422. The van der Waals surface area contributed by atoms with Crippen molar-refractivity contribution in [1.29, 1.82) is 0 Å². The quantitative estimate of drug-likeness (QED) is 0.796. The number of rotatable bonds is 3. The summed E-state index contributed by atoms with van der Waals surface area (Å²) in [6.45, 7) is 3.53. The van der Waals surface area contributed by atoms with Gasteiger partial charge in [0.2, 0.25) is 0 Å². The first-order chi connectivity index (χ1) is 13.7. The van der Waals surface area contributed by atoms with Crippen molar-refractivity contribution in [2.45, 2.75) is 83.7 Å². The van der Waals surface area contributed by atoms with Gasteiger partial charge >= 0.3 is 0 Å². The molecule has 1 amide bonds. The maximum absolute atomic E-state index is 13.2. The van der Waals surface area contributed by atoms with E-state index in [-0.39, 0.29) is 11.5 Å². The predicted octanol–water partition coefficient (Wildman–Crippen LogP) is 4.31. The van der Waals surface area contributed by atoms with E-state index in [9.17, 15) is 9.59 Å². The zero-order valence-corrected chi connectivity index (χ0v) is 17.0. The number of aryl methyl sites for hydroxylation is 1. The summed E-state index contributed by atoms with van der Waals surface area (Å²) in [6, 6.07) is 5.80. The molecule has 28 heavy (non-hydrogen) atoms. The summed E-state index contributed by atoms with van der Waals surface area (Å²) in [4.78, 5) is 33.0. The lowest BCUT2D eigenvalue weighted by molar-refractivity contribution is 0.0648. The van der Waals surface area contributed by atoms with Gasteiger partial charge in [0.05, 0.1) is 10.9 Å². The van der Waals surface area contributed by atoms with Gasteiger partial charge in [-0.2, -0.15) is 0 Å². The third-order valence-electron chi connectivity index (χ3n) is 6.43. The zero-order chi connectivity index (χ0) is 19.5. The molecule has 0 saturated heterocycles. The molecule has 2 aliphatic rings. The summed E-state index contributed by atoms with van der Waals surface area (Å²) < 4.78 is 1.85. The third kappa shape index (κ3) is 3.71. The van der Waals surface area contributed by atoms with Crippen molar-refractivity contribution in [2.24, 2.45) is 0 Å². The average molecular weight is 382 g/mol. The van der Waals surface area contributed by atoms with Gasteiger partial charge in [-0.15, -0.1) is 0 Å². The molecule has 150 valence electrons. The van der Waals surface area contributed by atoms with Crippen LogP contribution in [0.4, 0.5) is 0 Å². The van der Waals surface area contributed by atoms with Gasteiger partial charge in [0.15, 0.2) is 0 Å². The SMILES string of the molecule is CCN(C(=O)c1ccc2c(=O)n3c(nc2c1)CCCCCC3)C1CCCCC1. The highest BCUT2D eigenvalue weighted by molar-refractivity contribution is 5.97. The summed E-state index contributed by atoms with van der Waals surface area (Å²) in [5.74, 6) is 0.950. The van der Waals surface area contributed by atoms with Crippen molar-refractivity contribution < 1.29 is 4.79 Å². The molecule has 0 bridgehead atoms. The first-order valence-corrected chi connectivity index (χ1v) is 11.0. The fourth-order valence-electron chi connectivity index (χ4n) is 4.85. The number of aromatic nitrogens is 2. The lowest BCUT2D eigenvalue weighted by Gasteiger charge is -2.33. The monoisotopic (exact) mass is 381 g/mol. The van der Waals surface area contributed by atoms with E-state index < -0.39 is 0 Å². The van der Waals surface area contributed by atoms with Gasteiger partial charge in [0.1, 0.15) is 5.82 Å². The lowest BCUT2D eigenvalue weighted by Crippen LogP contribution is -2.41. The van der Waals surface area contributed by atoms with Crippen LogP contribution >= 0.6 is 0 Å². The van der Waals surface area contributed by atoms with Crippen molar-refractivity contribution in [2.75, 3.05) is 6.54 Å². The number of amides is 1. The van der Waals surface area contributed by atoms with E-state index >= 15 is 0 Å². The minimum Gasteiger partial charge on any atom is -0.336 e. The van der Waals surface area contributed by atoms with Crippen LogP contribution in [0.2, 0.25) is 0 Å². The number of benzene rings is 1. The molecule has 0 unspecified atom stereocenters. The largest absolute Gasteiger partial charge is 0.336 e. The number of carbonyl (C=O) groups is 1. The maximum atomic E-state index is 13.2. The number of nitrogens with zero attached hydrogens (tertiary/aromatic N) is 3. The van der Waals surface area contributed by atoms with Crippen LogP contribution in [0.3, 0.4) is 0 Å². The van der Waals surface area contributed by atoms with E-state index in [4.69, 9.17) is 4.98 Å². The van der Waals surface area contributed by atoms with Crippen molar-refractivity contribution in [3.8, 4) is 0 Å². The molecule has 0 spiro atoms. The van der Waals surface area contributed by atoms with Crippen LogP contribution in [-0.2, 0) is 13.0 Å². The summed E-state index contributed by atoms with van der Waals surface area (Å²) in [6.07, 6.45) is 11.2. The highest BCUT2D eigenvalue weighted by Gasteiger charge is 2.25. The second-order valence-electron chi connectivity index (χ2n) is 8.26. The van der Waals surface area contributed by atoms with E-state index in [0.717, 1.165) is 51.0 Å². The second kappa shape index (κ2) is 8.46. The Balaban J connectivity index is 1.69. The fourth-order valence-corrected chi connectivity index (χ4v) is 4.85. The standard InChI is InChI=1S/C23H31N3O2/c1-2-25(18-10-6-5-7-11-18)22(27)17-13-14-19-20(16-17)24-21-12-8-3-4-9-15-26(21)23(19)28/h13-14,16,18H,2-12,15H2,1H3. The predicted molar refractivity (Wildman–Crippen MR) is 112 cm³/mol. The normalized spacial score (nSPS) is 18.3. The zero-order valence-electron chi connectivity index (χ0n) is 17.0. The molecule has 1 aliphatic carbocycles. The Hall–Kier alpha value is -2.17.